The molecule has 5 heteroatoms. The number of hydrogen-bond acceptors (Lipinski definition) is 2. The Balaban J connectivity index is 1.04. The van der Waals surface area contributed by atoms with E-state index in [1.807, 2.05) is 18.3 Å². The average Bonchev–Trinajstić information content (AvgIpc) is 4.00. The Morgan fingerprint density at radius 3 is 2.20 bits per heavy atom. The quantitative estimate of drug-likeness (QED) is 0.119. The van der Waals surface area contributed by atoms with Crippen LogP contribution in [-0.4, -0.2) is 14.1 Å². The molecule has 7 aromatic carbocycles. The van der Waals surface area contributed by atoms with E-state index in [9.17, 15) is 0 Å². The molecule has 60 heavy (non-hydrogen) atoms. The summed E-state index contributed by atoms with van der Waals surface area (Å²) in [5, 5.41) is 3.39. The first-order valence-electron chi connectivity index (χ1n) is 20.6. The lowest BCUT2D eigenvalue weighted by Gasteiger charge is -2.25. The largest absolute Gasteiger partial charge is 0.464 e. The molecule has 4 heterocycles. The predicted molar refractivity (Wildman–Crippen MR) is 244 cm³/mol. The summed E-state index contributed by atoms with van der Waals surface area (Å²) in [6, 6.07) is 63.2. The van der Waals surface area contributed by atoms with Gasteiger partial charge in [0.1, 0.15) is 11.4 Å². The van der Waals surface area contributed by atoms with Crippen LogP contribution in [0.2, 0.25) is 0 Å². The van der Waals surface area contributed by atoms with Crippen molar-refractivity contribution in [3.8, 4) is 39.4 Å². The van der Waals surface area contributed by atoms with Crippen molar-refractivity contribution in [1.29, 1.82) is 0 Å². The number of para-hydroxylation sites is 4. The molecule has 0 atom stereocenters. The van der Waals surface area contributed by atoms with Crippen LogP contribution in [-0.2, 0) is 11.8 Å². The van der Waals surface area contributed by atoms with E-state index in [2.05, 4.69) is 205 Å². The summed E-state index contributed by atoms with van der Waals surface area (Å²) in [7, 11) is 0. The summed E-state index contributed by atoms with van der Waals surface area (Å²) in [6.07, 6.45) is 8.26. The molecule has 0 fully saturated rings. The number of nitrogens with zero attached hydrogens (tertiary/aromatic N) is 4. The maximum atomic E-state index is 5.79. The van der Waals surface area contributed by atoms with Gasteiger partial charge in [-0.3, -0.25) is 13.7 Å². The van der Waals surface area contributed by atoms with Crippen molar-refractivity contribution in [3.05, 3.63) is 211 Å². The molecular formula is C55H42N4O. The third kappa shape index (κ3) is 6.01. The van der Waals surface area contributed by atoms with Crippen molar-refractivity contribution < 1.29 is 8.98 Å². The lowest BCUT2D eigenvalue weighted by atomic mass is 9.81. The first-order valence-corrected chi connectivity index (χ1v) is 20.6. The van der Waals surface area contributed by atoms with E-state index in [0.29, 0.717) is 0 Å². The number of imidazole rings is 1. The van der Waals surface area contributed by atoms with Crippen LogP contribution in [0.15, 0.2) is 193 Å². The van der Waals surface area contributed by atoms with Crippen LogP contribution in [0.25, 0.3) is 83.3 Å². The molecule has 0 spiro atoms. The second-order valence-corrected chi connectivity index (χ2v) is 16.7. The number of fused-ring (bicyclic) bond motifs is 5. The third-order valence-corrected chi connectivity index (χ3v) is 11.8. The maximum Gasteiger partial charge on any atom is 0.269 e. The topological polar surface area (TPSA) is 39.8 Å². The Labute approximate surface area is 349 Å². The number of aromatic nitrogens is 4. The van der Waals surface area contributed by atoms with Crippen LogP contribution in [0.4, 0.5) is 0 Å². The minimum absolute atomic E-state index is 0.0500. The molecule has 0 unspecified atom stereocenters. The van der Waals surface area contributed by atoms with E-state index in [-0.39, 0.29) is 5.41 Å². The van der Waals surface area contributed by atoms with Crippen LogP contribution >= 0.6 is 0 Å². The minimum Gasteiger partial charge on any atom is -0.464 e. The fraction of sp³-hybridized carbons (Fsp3) is 0.0909. The van der Waals surface area contributed by atoms with E-state index in [0.717, 1.165) is 67.8 Å². The zero-order valence-electron chi connectivity index (χ0n) is 33.8. The summed E-state index contributed by atoms with van der Waals surface area (Å²) in [5.74, 6) is 0.838. The molecule has 5 nitrogen and oxygen atoms in total. The normalized spacial score (nSPS) is 12.0. The molecule has 0 N–H and O–H groups in total. The number of hydrogen-bond donors (Lipinski definition) is 0. The van der Waals surface area contributed by atoms with E-state index in [1.54, 1.807) is 6.26 Å². The standard InChI is InChI=1S/C55H42N4O/c1-55(2,3)47-23-9-7-19-43(47)46-22-14-21-42(39-16-5-4-6-17-39)54(46)58-36-57(49-25-11-12-26-50(49)58)41-18-13-15-37(32-41)31-38-27-28-45-44-20-8-10-24-48(44)59(51(45)33-38)53-34-52-40(35-56-53)29-30-60-52/h4-30,32-35H,31H2,1-3H3. The minimum atomic E-state index is -0.0500. The average molecular weight is 775 g/mol. The Kier molecular flexibility index (Phi) is 8.38. The highest BCUT2D eigenvalue weighted by Gasteiger charge is 2.24. The number of benzene rings is 7. The number of pyridine rings is 1. The van der Waals surface area contributed by atoms with Gasteiger partial charge in [0.15, 0.2) is 0 Å². The van der Waals surface area contributed by atoms with Crippen molar-refractivity contribution in [2.75, 3.05) is 0 Å². The van der Waals surface area contributed by atoms with Gasteiger partial charge >= 0.3 is 0 Å². The van der Waals surface area contributed by atoms with Gasteiger partial charge in [0.05, 0.1) is 39.7 Å². The summed E-state index contributed by atoms with van der Waals surface area (Å²) >= 11 is 0. The van der Waals surface area contributed by atoms with Gasteiger partial charge in [0, 0.05) is 28.4 Å². The zero-order valence-corrected chi connectivity index (χ0v) is 33.8. The van der Waals surface area contributed by atoms with Gasteiger partial charge in [-0.1, -0.05) is 160 Å². The molecule has 4 aromatic heterocycles. The molecule has 0 saturated heterocycles. The van der Waals surface area contributed by atoms with E-state index in [1.165, 1.54) is 38.6 Å². The van der Waals surface area contributed by atoms with Gasteiger partial charge in [-0.15, -0.1) is 0 Å². The molecular weight excluding hydrogens is 733 g/mol. The van der Waals surface area contributed by atoms with Crippen molar-refractivity contribution in [3.63, 3.8) is 0 Å². The fourth-order valence-electron chi connectivity index (χ4n) is 9.02. The second-order valence-electron chi connectivity index (χ2n) is 16.7. The van der Waals surface area contributed by atoms with Gasteiger partial charge in [0.25, 0.3) is 6.33 Å². The Hall–Kier alpha value is -7.50. The van der Waals surface area contributed by atoms with E-state index in [4.69, 9.17) is 9.40 Å². The van der Waals surface area contributed by atoms with Crippen LogP contribution in [0.3, 0.4) is 0 Å². The first kappa shape index (κ1) is 35.6. The van der Waals surface area contributed by atoms with Gasteiger partial charge in [-0.05, 0) is 81.1 Å². The molecule has 288 valence electrons. The third-order valence-electron chi connectivity index (χ3n) is 11.8. The Morgan fingerprint density at radius 1 is 0.600 bits per heavy atom. The molecule has 11 rings (SSSR count). The molecule has 0 radical (unpaired) electrons. The van der Waals surface area contributed by atoms with Gasteiger partial charge < -0.3 is 4.42 Å². The molecule has 0 amide bonds. The lowest BCUT2D eigenvalue weighted by molar-refractivity contribution is -0.571. The van der Waals surface area contributed by atoms with Crippen LogP contribution in [0.5, 0.6) is 0 Å². The van der Waals surface area contributed by atoms with Crippen LogP contribution in [0, 0.1) is 6.33 Å². The predicted octanol–water partition coefficient (Wildman–Crippen LogP) is 13.2. The SMILES string of the molecule is CC(C)(C)c1ccccc1-c1cccc(-c2ccccc2)c1-[n+]1[c-]n(-c2cccc(Cc3ccc4c5ccccc5n(-c5cc6occc6cn5)c4c3)c2)c2ccccc21. The van der Waals surface area contributed by atoms with Crippen molar-refractivity contribution >= 4 is 43.8 Å². The van der Waals surface area contributed by atoms with E-state index < -0.39 is 0 Å². The number of rotatable bonds is 7. The summed E-state index contributed by atoms with van der Waals surface area (Å²) < 4.78 is 12.5. The fourth-order valence-corrected chi connectivity index (χ4v) is 9.02. The van der Waals surface area contributed by atoms with Crippen molar-refractivity contribution in [2.45, 2.75) is 32.6 Å². The van der Waals surface area contributed by atoms with Crippen molar-refractivity contribution in [1.82, 2.24) is 14.1 Å². The van der Waals surface area contributed by atoms with Gasteiger partial charge in [0.2, 0.25) is 0 Å². The van der Waals surface area contributed by atoms with E-state index >= 15 is 0 Å². The smallest absolute Gasteiger partial charge is 0.269 e. The molecule has 0 aliphatic carbocycles. The van der Waals surface area contributed by atoms with Crippen molar-refractivity contribution in [2.24, 2.45) is 0 Å². The highest BCUT2D eigenvalue weighted by atomic mass is 16.3. The second kappa shape index (κ2) is 14.1. The van der Waals surface area contributed by atoms with Crippen LogP contribution in [0.1, 0.15) is 37.5 Å². The molecule has 0 aliphatic heterocycles. The molecule has 0 bridgehead atoms. The molecule has 0 aliphatic rings. The monoisotopic (exact) mass is 774 g/mol. The number of furan rings is 1. The summed E-state index contributed by atoms with van der Waals surface area (Å²) in [6.45, 7) is 6.88. The summed E-state index contributed by atoms with van der Waals surface area (Å²) in [5.41, 5.74) is 15.8. The molecule has 11 aromatic rings. The highest BCUT2D eigenvalue weighted by Crippen LogP contribution is 2.39. The van der Waals surface area contributed by atoms with Gasteiger partial charge in [-0.2, -0.15) is 0 Å². The first-order chi connectivity index (χ1) is 29.4. The van der Waals surface area contributed by atoms with Gasteiger partial charge in [-0.25, -0.2) is 4.98 Å². The Bertz CT molecular complexity index is 3400. The zero-order chi connectivity index (χ0) is 40.4. The highest BCUT2D eigenvalue weighted by molar-refractivity contribution is 6.09. The maximum absolute atomic E-state index is 5.79. The Morgan fingerprint density at radius 2 is 1.32 bits per heavy atom. The lowest BCUT2D eigenvalue weighted by Crippen LogP contribution is -2.31. The summed E-state index contributed by atoms with van der Waals surface area (Å²) in [4.78, 5) is 4.88. The molecule has 0 saturated carbocycles. The van der Waals surface area contributed by atoms with Crippen LogP contribution < -0.4 is 4.57 Å².